The van der Waals surface area contributed by atoms with Crippen LogP contribution in [0.1, 0.15) is 28.1 Å². The van der Waals surface area contributed by atoms with E-state index in [-0.39, 0.29) is 28.8 Å². The zero-order valence-corrected chi connectivity index (χ0v) is 21.4. The highest BCUT2D eigenvalue weighted by molar-refractivity contribution is 6.37. The summed E-state index contributed by atoms with van der Waals surface area (Å²) >= 11 is 6.79. The lowest BCUT2D eigenvalue weighted by Crippen LogP contribution is -2.31. The van der Waals surface area contributed by atoms with Crippen LogP contribution in [0.25, 0.3) is 10.9 Å². The van der Waals surface area contributed by atoms with Gasteiger partial charge in [0.25, 0.3) is 5.88 Å². The molecule has 200 valence electrons. The molecule has 0 unspecified atom stereocenters. The molecule has 0 fully saturated rings. The second kappa shape index (κ2) is 10.2. The summed E-state index contributed by atoms with van der Waals surface area (Å²) in [5, 5.41) is 12.8. The van der Waals surface area contributed by atoms with Crippen molar-refractivity contribution >= 4 is 22.5 Å². The van der Waals surface area contributed by atoms with E-state index in [4.69, 9.17) is 21.1 Å². The molecule has 0 aliphatic rings. The number of ether oxygens (including phenoxy) is 2. The van der Waals surface area contributed by atoms with Crippen molar-refractivity contribution in [1.82, 2.24) is 24.5 Å². The zero-order chi connectivity index (χ0) is 27.8. The van der Waals surface area contributed by atoms with E-state index in [2.05, 4.69) is 19.9 Å². The van der Waals surface area contributed by atoms with Crippen molar-refractivity contribution < 1.29 is 27.8 Å². The fourth-order valence-electron chi connectivity index (χ4n) is 4.26. The summed E-state index contributed by atoms with van der Waals surface area (Å²) in [5.41, 5.74) is -1.06. The topological polar surface area (TPSA) is 95.2 Å². The monoisotopic (exact) mass is 555 g/mol. The Morgan fingerprint density at radius 2 is 1.82 bits per heavy atom. The molecular formula is C27H21ClF3N5O3. The molecule has 0 spiro atoms. The van der Waals surface area contributed by atoms with Crippen LogP contribution in [0.5, 0.6) is 11.6 Å². The van der Waals surface area contributed by atoms with Gasteiger partial charge in [0.1, 0.15) is 12.3 Å². The standard InChI is InChI=1S/C27H21ClF3N5O3/c1-36-15-33-13-22(36)26(37,18-6-8-21(34-12-18)27(29,30)31)17-5-7-20-19(10-17)23(28)24(25(35-20)38-2)39-14-16-4-3-9-32-11-16/h3-13,15,37H,14H2,1-2H3/t26-/m1/s1. The highest BCUT2D eigenvalue weighted by Gasteiger charge is 2.39. The maximum Gasteiger partial charge on any atom is 0.433 e. The van der Waals surface area contributed by atoms with E-state index < -0.39 is 17.5 Å². The van der Waals surface area contributed by atoms with E-state index in [1.54, 1.807) is 48.3 Å². The Morgan fingerprint density at radius 3 is 2.44 bits per heavy atom. The number of aromatic nitrogens is 5. The lowest BCUT2D eigenvalue weighted by Gasteiger charge is -2.30. The fourth-order valence-corrected chi connectivity index (χ4v) is 4.54. The minimum absolute atomic E-state index is 0.101. The van der Waals surface area contributed by atoms with Gasteiger partial charge in [0.15, 0.2) is 5.60 Å². The third-order valence-corrected chi connectivity index (χ3v) is 6.60. The molecule has 0 saturated carbocycles. The molecule has 4 heterocycles. The van der Waals surface area contributed by atoms with E-state index >= 15 is 0 Å². The van der Waals surface area contributed by atoms with E-state index in [1.807, 2.05) is 6.07 Å². The fraction of sp³-hybridized carbons (Fsp3) is 0.185. The van der Waals surface area contributed by atoms with Crippen LogP contribution >= 0.6 is 11.6 Å². The molecule has 12 heteroatoms. The van der Waals surface area contributed by atoms with Crippen molar-refractivity contribution in [3.8, 4) is 11.6 Å². The maximum atomic E-state index is 13.2. The molecule has 4 aromatic heterocycles. The zero-order valence-electron chi connectivity index (χ0n) is 20.6. The Hall–Kier alpha value is -4.22. The summed E-state index contributed by atoms with van der Waals surface area (Å²) in [7, 11) is 3.10. The first kappa shape index (κ1) is 26.4. The summed E-state index contributed by atoms with van der Waals surface area (Å²) in [4.78, 5) is 16.2. The number of pyridine rings is 3. The largest absolute Gasteiger partial charge is 0.482 e. The minimum Gasteiger partial charge on any atom is -0.482 e. The SMILES string of the molecule is COc1nc2ccc([C@@](O)(c3ccc(C(F)(F)F)nc3)c3cncn3C)cc2c(Cl)c1OCc1cccnc1. The lowest BCUT2D eigenvalue weighted by molar-refractivity contribution is -0.141. The van der Waals surface area contributed by atoms with Crippen LogP contribution in [0.15, 0.2) is 73.6 Å². The summed E-state index contributed by atoms with van der Waals surface area (Å²) in [5.74, 6) is 0.353. The molecule has 5 aromatic rings. The number of fused-ring (bicyclic) bond motifs is 1. The first-order valence-corrected chi connectivity index (χ1v) is 11.9. The van der Waals surface area contributed by atoms with Crippen molar-refractivity contribution in [2.45, 2.75) is 18.4 Å². The van der Waals surface area contributed by atoms with Crippen LogP contribution in [0.4, 0.5) is 13.2 Å². The second-order valence-electron chi connectivity index (χ2n) is 8.68. The Morgan fingerprint density at radius 1 is 1.03 bits per heavy atom. The lowest BCUT2D eigenvalue weighted by atomic mass is 9.83. The van der Waals surface area contributed by atoms with Gasteiger partial charge >= 0.3 is 6.18 Å². The first-order chi connectivity index (χ1) is 18.6. The average Bonchev–Trinajstić information content (AvgIpc) is 3.38. The van der Waals surface area contributed by atoms with Gasteiger partial charge in [-0.1, -0.05) is 29.8 Å². The summed E-state index contributed by atoms with van der Waals surface area (Å²) in [6.45, 7) is 0.146. The van der Waals surface area contributed by atoms with Crippen LogP contribution in [-0.4, -0.2) is 36.7 Å². The molecule has 0 aliphatic heterocycles. The number of benzene rings is 1. The van der Waals surface area contributed by atoms with Gasteiger partial charge in [0.2, 0.25) is 5.75 Å². The number of imidazole rings is 1. The van der Waals surface area contributed by atoms with Crippen LogP contribution < -0.4 is 9.47 Å². The number of aliphatic hydroxyl groups is 1. The number of hydrogen-bond donors (Lipinski definition) is 1. The van der Waals surface area contributed by atoms with Crippen LogP contribution in [0.2, 0.25) is 5.02 Å². The third kappa shape index (κ3) is 4.86. The van der Waals surface area contributed by atoms with Crippen molar-refractivity contribution in [2.24, 2.45) is 7.05 Å². The first-order valence-electron chi connectivity index (χ1n) is 11.5. The highest BCUT2D eigenvalue weighted by atomic mass is 35.5. The summed E-state index contributed by atoms with van der Waals surface area (Å²) in [6, 6.07) is 10.5. The van der Waals surface area contributed by atoms with Gasteiger partial charge in [-0.3, -0.25) is 9.97 Å². The van der Waals surface area contributed by atoms with Gasteiger partial charge in [0, 0.05) is 42.2 Å². The molecule has 8 nitrogen and oxygen atoms in total. The van der Waals surface area contributed by atoms with E-state index in [0.717, 1.165) is 17.8 Å². The number of hydrogen-bond acceptors (Lipinski definition) is 7. The van der Waals surface area contributed by atoms with E-state index in [1.165, 1.54) is 25.7 Å². The predicted molar refractivity (Wildman–Crippen MR) is 136 cm³/mol. The van der Waals surface area contributed by atoms with Gasteiger partial charge < -0.3 is 19.1 Å². The Bertz CT molecular complexity index is 1630. The molecule has 0 aliphatic carbocycles. The van der Waals surface area contributed by atoms with Gasteiger partial charge in [0.05, 0.1) is 35.9 Å². The van der Waals surface area contributed by atoms with E-state index in [0.29, 0.717) is 22.2 Å². The van der Waals surface area contributed by atoms with Crippen LogP contribution in [0, 0.1) is 0 Å². The molecule has 0 radical (unpaired) electrons. The minimum atomic E-state index is -4.63. The highest BCUT2D eigenvalue weighted by Crippen LogP contribution is 2.43. The molecule has 39 heavy (non-hydrogen) atoms. The van der Waals surface area contributed by atoms with Gasteiger partial charge in [-0.2, -0.15) is 13.2 Å². The summed E-state index contributed by atoms with van der Waals surface area (Å²) < 4.78 is 52.5. The van der Waals surface area contributed by atoms with Crippen molar-refractivity contribution in [3.05, 3.63) is 107 Å². The van der Waals surface area contributed by atoms with Gasteiger partial charge in [-0.15, -0.1) is 0 Å². The predicted octanol–water partition coefficient (Wildman–Crippen LogP) is 5.30. The normalized spacial score (nSPS) is 13.3. The van der Waals surface area contributed by atoms with Crippen LogP contribution in [0.3, 0.4) is 0 Å². The Labute approximate surface area is 225 Å². The van der Waals surface area contributed by atoms with Gasteiger partial charge in [-0.05, 0) is 29.8 Å². The molecular weight excluding hydrogens is 535 g/mol. The molecule has 1 N–H and O–H groups in total. The van der Waals surface area contributed by atoms with E-state index in [9.17, 15) is 18.3 Å². The van der Waals surface area contributed by atoms with Gasteiger partial charge in [-0.25, -0.2) is 9.97 Å². The van der Waals surface area contributed by atoms with Crippen molar-refractivity contribution in [2.75, 3.05) is 7.11 Å². The number of methoxy groups -OCH3 is 1. The maximum absolute atomic E-state index is 13.2. The number of aryl methyl sites for hydroxylation is 1. The molecule has 1 aromatic carbocycles. The number of alkyl halides is 3. The number of rotatable bonds is 7. The number of nitrogens with zero attached hydrogens (tertiary/aromatic N) is 5. The second-order valence-corrected chi connectivity index (χ2v) is 9.05. The summed E-state index contributed by atoms with van der Waals surface area (Å²) in [6.07, 6.45) is 2.57. The molecule has 0 saturated heterocycles. The quantitative estimate of drug-likeness (QED) is 0.291. The molecule has 5 rings (SSSR count). The smallest absolute Gasteiger partial charge is 0.433 e. The molecule has 0 amide bonds. The number of halogens is 4. The van der Waals surface area contributed by atoms with Crippen molar-refractivity contribution in [3.63, 3.8) is 0 Å². The van der Waals surface area contributed by atoms with Crippen molar-refractivity contribution in [1.29, 1.82) is 0 Å². The third-order valence-electron chi connectivity index (χ3n) is 6.22. The Balaban J connectivity index is 1.65. The Kier molecular flexibility index (Phi) is 6.87. The average molecular weight is 556 g/mol. The molecule has 0 bridgehead atoms. The molecule has 1 atom stereocenters. The van der Waals surface area contributed by atoms with Crippen LogP contribution in [-0.2, 0) is 25.4 Å².